The van der Waals surface area contributed by atoms with Crippen LogP contribution in [0, 0.1) is 0 Å². The van der Waals surface area contributed by atoms with Gasteiger partial charge in [0, 0.05) is 29.5 Å². The third kappa shape index (κ3) is 4.02. The Bertz CT molecular complexity index is 956. The van der Waals surface area contributed by atoms with E-state index in [4.69, 9.17) is 0 Å². The van der Waals surface area contributed by atoms with E-state index in [0.717, 1.165) is 35.4 Å². The molecule has 2 aliphatic heterocycles. The Hall–Kier alpha value is -2.46. The van der Waals surface area contributed by atoms with Crippen LogP contribution in [-0.4, -0.2) is 40.2 Å². The highest BCUT2D eigenvalue weighted by Gasteiger charge is 2.32. The minimum Gasteiger partial charge on any atom is -0.337 e. The number of aromatic nitrogens is 1. The number of guanidine groups is 1. The average Bonchev–Trinajstić information content (AvgIpc) is 3.35. The van der Waals surface area contributed by atoms with Crippen molar-refractivity contribution >= 4 is 40.5 Å². The lowest BCUT2D eigenvalue weighted by molar-refractivity contribution is -0.134. The largest absolute Gasteiger partial charge is 0.425 e. The van der Waals surface area contributed by atoms with Crippen LogP contribution in [0.25, 0.3) is 5.57 Å². The van der Waals surface area contributed by atoms with E-state index < -0.39 is 11.1 Å². The van der Waals surface area contributed by atoms with E-state index in [-0.39, 0.29) is 6.54 Å². The zero-order chi connectivity index (χ0) is 19.7. The summed E-state index contributed by atoms with van der Waals surface area (Å²) >= 11 is 2.35. The predicted molar refractivity (Wildman–Crippen MR) is 106 cm³/mol. The number of thiazole rings is 1. The number of aliphatic imine (C=N–C) groups is 2. The lowest BCUT2D eigenvalue weighted by Crippen LogP contribution is -2.37. The zero-order valence-electron chi connectivity index (χ0n) is 14.7. The number of halogens is 3. The number of rotatable bonds is 3. The highest BCUT2D eigenvalue weighted by molar-refractivity contribution is 7.12. The van der Waals surface area contributed by atoms with Gasteiger partial charge in [0.05, 0.1) is 6.54 Å². The molecule has 0 N–H and O–H groups in total. The van der Waals surface area contributed by atoms with E-state index in [0.29, 0.717) is 23.2 Å². The Labute approximate surface area is 167 Å². The van der Waals surface area contributed by atoms with Crippen molar-refractivity contribution in [3.8, 4) is 0 Å². The van der Waals surface area contributed by atoms with Crippen molar-refractivity contribution in [2.75, 3.05) is 13.1 Å². The molecule has 5 nitrogen and oxygen atoms in total. The maximum atomic E-state index is 12.7. The van der Waals surface area contributed by atoms with Gasteiger partial charge in [-0.15, -0.1) is 22.7 Å². The van der Waals surface area contributed by atoms with Crippen molar-refractivity contribution in [2.24, 2.45) is 9.98 Å². The molecular formula is C18H16F3N5S2. The standard InChI is InChI=1S/C18H16F3N5S2/c1-12-24-17(25-7-4-13(5-8-25)16-22-6-9-27-16)23-11-26(12)10-14-2-3-15(28-14)18(19,20)21/h2-4,6,9,11H,1,5,7-8,10H2. The van der Waals surface area contributed by atoms with Gasteiger partial charge in [-0.2, -0.15) is 18.2 Å². The molecule has 28 heavy (non-hydrogen) atoms. The van der Waals surface area contributed by atoms with Crippen molar-refractivity contribution in [2.45, 2.75) is 19.1 Å². The van der Waals surface area contributed by atoms with Crippen LogP contribution in [0.5, 0.6) is 0 Å². The lowest BCUT2D eigenvalue weighted by Gasteiger charge is -2.30. The first kappa shape index (κ1) is 18.9. The molecule has 0 aromatic carbocycles. The molecule has 4 heterocycles. The number of hydrogen-bond donors (Lipinski definition) is 0. The molecule has 0 fully saturated rings. The summed E-state index contributed by atoms with van der Waals surface area (Å²) in [7, 11) is 0. The van der Waals surface area contributed by atoms with E-state index in [9.17, 15) is 13.2 Å². The fraction of sp³-hybridized carbons (Fsp3) is 0.278. The molecule has 2 aromatic rings. The molecule has 4 rings (SSSR count). The van der Waals surface area contributed by atoms with Gasteiger partial charge in [-0.05, 0) is 24.1 Å². The van der Waals surface area contributed by atoms with Crippen LogP contribution in [0.1, 0.15) is 21.2 Å². The van der Waals surface area contributed by atoms with Gasteiger partial charge >= 0.3 is 6.18 Å². The minimum atomic E-state index is -4.32. The molecule has 0 saturated carbocycles. The quantitative estimate of drug-likeness (QED) is 0.720. The van der Waals surface area contributed by atoms with Crippen molar-refractivity contribution in [1.29, 1.82) is 0 Å². The topological polar surface area (TPSA) is 44.1 Å². The summed E-state index contributed by atoms with van der Waals surface area (Å²) in [5, 5.41) is 3.00. The van der Waals surface area contributed by atoms with Crippen molar-refractivity contribution in [1.82, 2.24) is 14.8 Å². The second-order valence-corrected chi connectivity index (χ2v) is 8.29. The van der Waals surface area contributed by atoms with E-state index in [2.05, 4.69) is 27.6 Å². The Morgan fingerprint density at radius 3 is 2.71 bits per heavy atom. The Morgan fingerprint density at radius 2 is 2.11 bits per heavy atom. The fourth-order valence-electron chi connectivity index (χ4n) is 2.89. The van der Waals surface area contributed by atoms with E-state index in [1.165, 1.54) is 11.6 Å². The van der Waals surface area contributed by atoms with Crippen LogP contribution < -0.4 is 0 Å². The summed E-state index contributed by atoms with van der Waals surface area (Å²) in [4.78, 5) is 16.8. The van der Waals surface area contributed by atoms with Gasteiger partial charge in [-0.1, -0.05) is 12.7 Å². The number of alkyl halides is 3. The summed E-state index contributed by atoms with van der Waals surface area (Å²) in [6.45, 7) is 5.64. The summed E-state index contributed by atoms with van der Waals surface area (Å²) < 4.78 is 38.2. The molecule has 0 unspecified atom stereocenters. The normalized spacial score (nSPS) is 17.8. The summed E-state index contributed by atoms with van der Waals surface area (Å²) in [6, 6.07) is 2.57. The van der Waals surface area contributed by atoms with Crippen LogP contribution >= 0.6 is 22.7 Å². The highest BCUT2D eigenvalue weighted by Crippen LogP contribution is 2.35. The second-order valence-electron chi connectivity index (χ2n) is 6.23. The van der Waals surface area contributed by atoms with E-state index in [1.54, 1.807) is 28.8 Å². The summed E-state index contributed by atoms with van der Waals surface area (Å²) in [6.07, 6.45) is 2.04. The lowest BCUT2D eigenvalue weighted by atomic mass is 10.1. The molecule has 10 heteroatoms. The van der Waals surface area contributed by atoms with Crippen LogP contribution in [0.15, 0.2) is 52.2 Å². The predicted octanol–water partition coefficient (Wildman–Crippen LogP) is 4.68. The van der Waals surface area contributed by atoms with Crippen LogP contribution in [0.4, 0.5) is 13.2 Å². The molecule has 0 spiro atoms. The molecule has 0 saturated heterocycles. The van der Waals surface area contributed by atoms with Crippen LogP contribution in [0.3, 0.4) is 0 Å². The van der Waals surface area contributed by atoms with Gasteiger partial charge in [0.15, 0.2) is 0 Å². The van der Waals surface area contributed by atoms with Gasteiger partial charge in [-0.3, -0.25) is 0 Å². The molecule has 2 aliphatic rings. The van der Waals surface area contributed by atoms with Crippen molar-refractivity contribution in [3.63, 3.8) is 0 Å². The third-order valence-corrected chi connectivity index (χ3v) is 6.30. The third-order valence-electron chi connectivity index (χ3n) is 4.34. The maximum absolute atomic E-state index is 12.7. The van der Waals surface area contributed by atoms with Crippen molar-refractivity contribution < 1.29 is 13.2 Å². The van der Waals surface area contributed by atoms with Gasteiger partial charge < -0.3 is 9.80 Å². The van der Waals surface area contributed by atoms with Gasteiger partial charge in [0.25, 0.3) is 0 Å². The first-order chi connectivity index (χ1) is 13.4. The summed E-state index contributed by atoms with van der Waals surface area (Å²) in [5.74, 6) is 1.03. The minimum absolute atomic E-state index is 0.258. The van der Waals surface area contributed by atoms with E-state index in [1.807, 2.05) is 10.3 Å². The molecule has 0 atom stereocenters. The molecular weight excluding hydrogens is 407 g/mol. The van der Waals surface area contributed by atoms with Crippen LogP contribution in [0.2, 0.25) is 0 Å². The van der Waals surface area contributed by atoms with Gasteiger partial charge in [-0.25, -0.2) is 9.98 Å². The molecule has 0 bridgehead atoms. The first-order valence-corrected chi connectivity index (χ1v) is 10.2. The average molecular weight is 423 g/mol. The second kappa shape index (κ2) is 7.51. The van der Waals surface area contributed by atoms with Gasteiger partial charge in [0.1, 0.15) is 22.0 Å². The van der Waals surface area contributed by atoms with E-state index >= 15 is 0 Å². The maximum Gasteiger partial charge on any atom is 0.425 e. The monoisotopic (exact) mass is 423 g/mol. The van der Waals surface area contributed by atoms with Gasteiger partial charge in [0.2, 0.25) is 5.96 Å². The molecule has 0 radical (unpaired) electrons. The fourth-order valence-corrected chi connectivity index (χ4v) is 4.47. The molecule has 0 amide bonds. The molecule has 146 valence electrons. The number of nitrogens with zero attached hydrogens (tertiary/aromatic N) is 5. The van der Waals surface area contributed by atoms with Crippen LogP contribution in [-0.2, 0) is 12.7 Å². The smallest absolute Gasteiger partial charge is 0.337 e. The molecule has 2 aromatic heterocycles. The Morgan fingerprint density at radius 1 is 1.25 bits per heavy atom. The Kier molecular flexibility index (Phi) is 5.07. The first-order valence-electron chi connectivity index (χ1n) is 8.48. The highest BCUT2D eigenvalue weighted by atomic mass is 32.1. The molecule has 0 aliphatic carbocycles. The number of thiophene rings is 1. The number of hydrogen-bond acceptors (Lipinski definition) is 7. The Balaban J connectivity index is 1.39. The SMILES string of the molecule is C=C1N=C(N2CC=C(c3nccs3)CC2)N=CN1Cc1ccc(C(F)(F)F)s1. The van der Waals surface area contributed by atoms with Crippen molar-refractivity contribution in [3.05, 3.63) is 56.9 Å². The zero-order valence-corrected chi connectivity index (χ0v) is 16.3. The summed E-state index contributed by atoms with van der Waals surface area (Å²) in [5.41, 5.74) is 1.23.